The average Bonchev–Trinajstić information content (AvgIpc) is 3.44. The smallest absolute Gasteiger partial charge is 0.242 e. The Morgan fingerprint density at radius 1 is 0.651 bits per heavy atom. The molecule has 0 bridgehead atoms. The third kappa shape index (κ3) is 3.59. The molecule has 2 fully saturated rings. The number of nitrogens with zero attached hydrogens (tertiary/aromatic N) is 3. The molecule has 2 aromatic heterocycles. The second kappa shape index (κ2) is 9.36. The molecule has 3 aliphatic rings. The minimum Gasteiger partial charge on any atom is -0.284 e. The highest BCUT2D eigenvalue weighted by Gasteiger charge is 2.48. The summed E-state index contributed by atoms with van der Waals surface area (Å²) in [6.07, 6.45) is 13.0. The zero-order valence-corrected chi connectivity index (χ0v) is 25.6. The molecule has 0 unspecified atom stereocenters. The molecule has 0 saturated heterocycles. The van der Waals surface area contributed by atoms with Crippen LogP contribution < -0.4 is 10.9 Å². The summed E-state index contributed by atoms with van der Waals surface area (Å²) in [5.74, 6) is 1.08. The summed E-state index contributed by atoms with van der Waals surface area (Å²) in [4.78, 5) is 5.50. The third-order valence-corrected chi connectivity index (χ3v) is 11.6. The second-order valence-corrected chi connectivity index (χ2v) is 14.3. The number of hydrogen-bond acceptors (Lipinski definition) is 1. The average molecular weight is 562 g/mol. The molecule has 2 saturated carbocycles. The van der Waals surface area contributed by atoms with Gasteiger partial charge in [-0.1, -0.05) is 130 Å². The van der Waals surface area contributed by atoms with Crippen molar-refractivity contribution in [2.24, 2.45) is 10.8 Å². The molecule has 3 heterocycles. The molecule has 4 aromatic carbocycles. The van der Waals surface area contributed by atoms with Gasteiger partial charge in [0.05, 0.1) is 22.1 Å². The Balaban J connectivity index is 1.55. The van der Waals surface area contributed by atoms with Gasteiger partial charge < -0.3 is 0 Å². The van der Waals surface area contributed by atoms with Crippen LogP contribution in [0.3, 0.4) is 0 Å². The zero-order chi connectivity index (χ0) is 28.8. The lowest BCUT2D eigenvalue weighted by Gasteiger charge is -2.49. The number of imidazole rings is 1. The number of allylic oxidation sites excluding steroid dienone is 2. The predicted molar refractivity (Wildman–Crippen MR) is 183 cm³/mol. The number of aromatic nitrogens is 3. The highest BCUT2D eigenvalue weighted by Crippen LogP contribution is 2.55. The van der Waals surface area contributed by atoms with Crippen molar-refractivity contribution in [2.75, 3.05) is 0 Å². The van der Waals surface area contributed by atoms with Crippen LogP contribution in [-0.2, 0) is 0 Å². The molecule has 214 valence electrons. The van der Waals surface area contributed by atoms with E-state index in [9.17, 15) is 0 Å². The first-order valence-electron chi connectivity index (χ1n) is 16.7. The Morgan fingerprint density at radius 2 is 1.33 bits per heavy atom. The molecule has 6 aromatic rings. The van der Waals surface area contributed by atoms with E-state index < -0.39 is 0 Å². The molecule has 0 N–H and O–H groups in total. The van der Waals surface area contributed by atoms with E-state index in [-0.39, 0.29) is 17.5 Å². The van der Waals surface area contributed by atoms with Crippen molar-refractivity contribution in [2.45, 2.75) is 78.1 Å². The van der Waals surface area contributed by atoms with Crippen LogP contribution in [0.2, 0.25) is 0 Å². The van der Waals surface area contributed by atoms with Gasteiger partial charge in [0.2, 0.25) is 12.5 Å². The van der Waals surface area contributed by atoms with Crippen LogP contribution in [0.15, 0.2) is 90.4 Å². The summed E-state index contributed by atoms with van der Waals surface area (Å²) in [5.41, 5.74) is 11.3. The second-order valence-electron chi connectivity index (χ2n) is 14.3. The molecule has 0 radical (unpaired) electrons. The maximum absolute atomic E-state index is 5.50. The van der Waals surface area contributed by atoms with Gasteiger partial charge in [-0.3, -0.25) is 8.97 Å². The lowest BCUT2D eigenvalue weighted by Crippen LogP contribution is -2.54. The molecule has 9 rings (SSSR count). The van der Waals surface area contributed by atoms with Gasteiger partial charge >= 0.3 is 0 Å². The van der Waals surface area contributed by atoms with Gasteiger partial charge in [-0.25, -0.2) is 4.98 Å². The topological polar surface area (TPSA) is 22.2 Å². The van der Waals surface area contributed by atoms with Crippen molar-refractivity contribution >= 4 is 62.0 Å². The van der Waals surface area contributed by atoms with Crippen molar-refractivity contribution in [3.05, 3.63) is 90.4 Å². The van der Waals surface area contributed by atoms with E-state index in [1.807, 2.05) is 0 Å². The number of benzene rings is 4. The zero-order valence-electron chi connectivity index (χ0n) is 25.6. The Morgan fingerprint density at radius 3 is 2.09 bits per heavy atom. The van der Waals surface area contributed by atoms with Crippen molar-refractivity contribution in [3.8, 4) is 0 Å². The van der Waals surface area contributed by atoms with E-state index in [0.29, 0.717) is 0 Å². The van der Waals surface area contributed by atoms with E-state index in [2.05, 4.69) is 108 Å². The van der Waals surface area contributed by atoms with Gasteiger partial charge in [0, 0.05) is 16.5 Å². The van der Waals surface area contributed by atoms with Gasteiger partial charge in [-0.05, 0) is 60.1 Å². The largest absolute Gasteiger partial charge is 0.284 e. The molecule has 1 aliphatic heterocycles. The Hall–Kier alpha value is -3.79. The first kappa shape index (κ1) is 25.7. The van der Waals surface area contributed by atoms with Crippen molar-refractivity contribution in [3.63, 3.8) is 0 Å². The minimum absolute atomic E-state index is 0.0934. The van der Waals surface area contributed by atoms with Gasteiger partial charge in [0.15, 0.2) is 0 Å². The van der Waals surface area contributed by atoms with Crippen molar-refractivity contribution < 1.29 is 0 Å². The standard InChI is InChI=1S/C39H40BN3/c1-38(23-10-4-11-24-38)35-36(39(2)25-12-5-13-26-39)43-34-29(40(35)28-16-6-3-7-17-28)22-21-27-15-14-20-32(33(27)34)42-31-19-9-8-18-30(31)41-37(42)43/h3,6-9,14-22H,4-5,10-13,23-26H2,1-2H3. The first-order valence-corrected chi connectivity index (χ1v) is 16.7. The Bertz CT molecular complexity index is 2070. The minimum atomic E-state index is 0.0934. The lowest BCUT2D eigenvalue weighted by molar-refractivity contribution is 0.260. The molecule has 2 aliphatic carbocycles. The van der Waals surface area contributed by atoms with E-state index >= 15 is 0 Å². The molecule has 3 nitrogen and oxygen atoms in total. The van der Waals surface area contributed by atoms with Gasteiger partial charge in [-0.15, -0.1) is 0 Å². The maximum atomic E-state index is 5.50. The van der Waals surface area contributed by atoms with Crippen LogP contribution in [-0.4, -0.2) is 20.7 Å². The number of para-hydroxylation sites is 2. The van der Waals surface area contributed by atoms with E-state index in [0.717, 1.165) is 11.3 Å². The van der Waals surface area contributed by atoms with Crippen LogP contribution >= 0.6 is 0 Å². The monoisotopic (exact) mass is 561 g/mol. The normalized spacial score (nSPS) is 20.1. The van der Waals surface area contributed by atoms with Crippen LogP contribution in [0.4, 0.5) is 0 Å². The molecule has 43 heavy (non-hydrogen) atoms. The summed E-state index contributed by atoms with van der Waals surface area (Å²) in [6, 6.07) is 31.9. The number of fused-ring (bicyclic) bond motifs is 5. The SMILES string of the molecule is CC1(C2=C(C3(C)CCCCC3)n3c4c(ccc5cccc(c54)n4c5ccccc5nc34)B2c2ccccc2)CCCCC1. The number of hydrogen-bond donors (Lipinski definition) is 0. The van der Waals surface area contributed by atoms with Crippen LogP contribution in [0, 0.1) is 10.8 Å². The summed E-state index contributed by atoms with van der Waals surface area (Å²) < 4.78 is 5.19. The lowest BCUT2D eigenvalue weighted by atomic mass is 9.30. The fourth-order valence-corrected chi connectivity index (χ4v) is 9.53. The number of rotatable bonds is 3. The fraction of sp³-hybridized carbons (Fsp3) is 0.359. The molecule has 0 amide bonds. The van der Waals surface area contributed by atoms with E-state index in [1.165, 1.54) is 102 Å². The summed E-state index contributed by atoms with van der Waals surface area (Å²) in [5, 5.41) is 2.69. The maximum Gasteiger partial charge on any atom is 0.242 e. The predicted octanol–water partition coefficient (Wildman–Crippen LogP) is 8.91. The van der Waals surface area contributed by atoms with Gasteiger partial charge in [0.25, 0.3) is 0 Å². The highest BCUT2D eigenvalue weighted by atomic mass is 15.2. The first-order chi connectivity index (χ1) is 21.1. The summed E-state index contributed by atoms with van der Waals surface area (Å²) >= 11 is 0. The molecular formula is C39H40BN3. The summed E-state index contributed by atoms with van der Waals surface area (Å²) in [6.45, 7) is 5.47. The van der Waals surface area contributed by atoms with Crippen LogP contribution in [0.5, 0.6) is 0 Å². The van der Waals surface area contributed by atoms with Crippen LogP contribution in [0.25, 0.3) is 44.3 Å². The van der Waals surface area contributed by atoms with Crippen molar-refractivity contribution in [1.29, 1.82) is 0 Å². The fourth-order valence-electron chi connectivity index (χ4n) is 9.53. The molecular weight excluding hydrogens is 521 g/mol. The van der Waals surface area contributed by atoms with Gasteiger partial charge in [-0.2, -0.15) is 0 Å². The quantitative estimate of drug-likeness (QED) is 0.198. The van der Waals surface area contributed by atoms with E-state index in [4.69, 9.17) is 4.98 Å². The van der Waals surface area contributed by atoms with E-state index in [1.54, 1.807) is 11.2 Å². The molecule has 0 atom stereocenters. The van der Waals surface area contributed by atoms with Crippen molar-refractivity contribution in [1.82, 2.24) is 14.0 Å². The van der Waals surface area contributed by atoms with Gasteiger partial charge in [0.1, 0.15) is 0 Å². The Kier molecular flexibility index (Phi) is 5.59. The highest BCUT2D eigenvalue weighted by molar-refractivity contribution is 6.93. The Labute approximate surface area is 254 Å². The summed E-state index contributed by atoms with van der Waals surface area (Å²) in [7, 11) is 0. The molecule has 0 spiro atoms. The van der Waals surface area contributed by atoms with Crippen LogP contribution in [0.1, 0.15) is 78.1 Å². The third-order valence-electron chi connectivity index (χ3n) is 11.6. The molecule has 4 heteroatoms.